The lowest BCUT2D eigenvalue weighted by atomic mass is 10.0. The quantitative estimate of drug-likeness (QED) is 0.826. The maximum absolute atomic E-state index is 10.7. The fraction of sp³-hybridized carbons (Fsp3) is 0.273. The molecule has 0 spiro atoms. The van der Waals surface area contributed by atoms with Crippen molar-refractivity contribution in [2.24, 2.45) is 5.92 Å². The summed E-state index contributed by atoms with van der Waals surface area (Å²) in [5.41, 5.74) is 1.95. The zero-order valence-electron chi connectivity index (χ0n) is 8.42. The molecule has 2 aromatic rings. The summed E-state index contributed by atoms with van der Waals surface area (Å²) in [5.74, 6) is -1.15. The lowest BCUT2D eigenvalue weighted by molar-refractivity contribution is -0.141. The second kappa shape index (κ2) is 3.73. The molecular formula is C11H12N2O2. The minimum Gasteiger partial charge on any atom is -0.481 e. The Bertz CT molecular complexity index is 490. The van der Waals surface area contributed by atoms with E-state index < -0.39 is 5.97 Å². The largest absolute Gasteiger partial charge is 0.481 e. The van der Waals surface area contributed by atoms with Crippen molar-refractivity contribution in [2.75, 3.05) is 0 Å². The molecule has 2 aromatic heterocycles. The molecule has 0 saturated heterocycles. The summed E-state index contributed by atoms with van der Waals surface area (Å²) in [6, 6.07) is 5.76. The molecule has 1 unspecified atom stereocenters. The van der Waals surface area contributed by atoms with Crippen molar-refractivity contribution in [1.29, 1.82) is 0 Å². The SMILES string of the molecule is CC(Cc1cnn2ccccc12)C(=O)O. The monoisotopic (exact) mass is 204 g/mol. The molecule has 1 N–H and O–H groups in total. The summed E-state index contributed by atoms with van der Waals surface area (Å²) < 4.78 is 1.75. The third-order valence-electron chi connectivity index (χ3n) is 2.45. The van der Waals surface area contributed by atoms with Crippen LogP contribution >= 0.6 is 0 Å². The van der Waals surface area contributed by atoms with Gasteiger partial charge in [0.2, 0.25) is 0 Å². The van der Waals surface area contributed by atoms with Crippen LogP contribution in [0.4, 0.5) is 0 Å². The van der Waals surface area contributed by atoms with Crippen LogP contribution in [0, 0.1) is 5.92 Å². The van der Waals surface area contributed by atoms with Gasteiger partial charge >= 0.3 is 5.97 Å². The highest BCUT2D eigenvalue weighted by molar-refractivity contribution is 5.70. The van der Waals surface area contributed by atoms with E-state index in [1.807, 2.05) is 24.4 Å². The number of carbonyl (C=O) groups is 1. The first-order chi connectivity index (χ1) is 7.18. The number of carboxylic acids is 1. The molecule has 0 aliphatic rings. The van der Waals surface area contributed by atoms with Gasteiger partial charge in [-0.2, -0.15) is 5.10 Å². The van der Waals surface area contributed by atoms with Gasteiger partial charge in [0, 0.05) is 6.20 Å². The summed E-state index contributed by atoms with van der Waals surface area (Å²) >= 11 is 0. The second-order valence-electron chi connectivity index (χ2n) is 3.64. The normalized spacial score (nSPS) is 12.9. The van der Waals surface area contributed by atoms with Crippen molar-refractivity contribution in [1.82, 2.24) is 9.61 Å². The van der Waals surface area contributed by atoms with E-state index in [1.165, 1.54) is 0 Å². The maximum atomic E-state index is 10.7. The van der Waals surface area contributed by atoms with Crippen molar-refractivity contribution in [3.63, 3.8) is 0 Å². The van der Waals surface area contributed by atoms with Gasteiger partial charge in [-0.15, -0.1) is 0 Å². The molecule has 0 amide bonds. The van der Waals surface area contributed by atoms with E-state index in [4.69, 9.17) is 5.11 Å². The topological polar surface area (TPSA) is 54.6 Å². The molecule has 0 saturated carbocycles. The predicted octanol–water partition coefficient (Wildman–Crippen LogP) is 1.60. The van der Waals surface area contributed by atoms with Gasteiger partial charge in [0.1, 0.15) is 0 Å². The van der Waals surface area contributed by atoms with Crippen LogP contribution in [0.25, 0.3) is 5.52 Å². The van der Waals surface area contributed by atoms with E-state index in [1.54, 1.807) is 17.6 Å². The van der Waals surface area contributed by atoms with Gasteiger partial charge < -0.3 is 5.11 Å². The third-order valence-corrected chi connectivity index (χ3v) is 2.45. The zero-order valence-corrected chi connectivity index (χ0v) is 8.42. The van der Waals surface area contributed by atoms with E-state index in [9.17, 15) is 4.79 Å². The Hall–Kier alpha value is -1.84. The maximum Gasteiger partial charge on any atom is 0.306 e. The average Bonchev–Trinajstić information content (AvgIpc) is 2.62. The highest BCUT2D eigenvalue weighted by Gasteiger charge is 2.14. The molecule has 0 aliphatic carbocycles. The molecular weight excluding hydrogens is 192 g/mol. The van der Waals surface area contributed by atoms with Crippen molar-refractivity contribution in [3.05, 3.63) is 36.2 Å². The van der Waals surface area contributed by atoms with Gasteiger partial charge in [0.25, 0.3) is 0 Å². The zero-order chi connectivity index (χ0) is 10.8. The molecule has 0 radical (unpaired) electrons. The van der Waals surface area contributed by atoms with Crippen LogP contribution in [0.15, 0.2) is 30.6 Å². The molecule has 0 fully saturated rings. The lowest BCUT2D eigenvalue weighted by Gasteiger charge is -2.03. The lowest BCUT2D eigenvalue weighted by Crippen LogP contribution is -2.11. The molecule has 2 rings (SSSR count). The van der Waals surface area contributed by atoms with Crippen LogP contribution in [0.2, 0.25) is 0 Å². The number of pyridine rings is 1. The number of rotatable bonds is 3. The van der Waals surface area contributed by atoms with Crippen LogP contribution in [0.5, 0.6) is 0 Å². The van der Waals surface area contributed by atoms with E-state index in [0.717, 1.165) is 11.1 Å². The van der Waals surface area contributed by atoms with Crippen molar-refractivity contribution in [3.8, 4) is 0 Å². The number of aliphatic carboxylic acids is 1. The van der Waals surface area contributed by atoms with Gasteiger partial charge in [-0.1, -0.05) is 13.0 Å². The van der Waals surface area contributed by atoms with Crippen LogP contribution in [-0.2, 0) is 11.2 Å². The fourth-order valence-corrected chi connectivity index (χ4v) is 1.56. The van der Waals surface area contributed by atoms with Gasteiger partial charge in [-0.25, -0.2) is 4.52 Å². The molecule has 2 heterocycles. The summed E-state index contributed by atoms with van der Waals surface area (Å²) in [6.45, 7) is 1.70. The van der Waals surface area contributed by atoms with Gasteiger partial charge in [-0.05, 0) is 24.1 Å². The van der Waals surface area contributed by atoms with Gasteiger partial charge in [0.05, 0.1) is 17.6 Å². The smallest absolute Gasteiger partial charge is 0.306 e. The minimum atomic E-state index is -0.773. The van der Waals surface area contributed by atoms with Gasteiger partial charge in [-0.3, -0.25) is 4.79 Å². The standard InChI is InChI=1S/C11H12N2O2/c1-8(11(14)15)6-9-7-12-13-5-3-2-4-10(9)13/h2-5,7-8H,6H2,1H3,(H,14,15). The van der Waals surface area contributed by atoms with E-state index >= 15 is 0 Å². The number of hydrogen-bond acceptors (Lipinski definition) is 2. The van der Waals surface area contributed by atoms with Crippen LogP contribution in [-0.4, -0.2) is 20.7 Å². The number of nitrogens with zero attached hydrogens (tertiary/aromatic N) is 2. The first-order valence-corrected chi connectivity index (χ1v) is 4.82. The highest BCUT2D eigenvalue weighted by Crippen LogP contribution is 2.14. The van der Waals surface area contributed by atoms with E-state index in [0.29, 0.717) is 6.42 Å². The average molecular weight is 204 g/mol. The Labute approximate surface area is 87.2 Å². The Morgan fingerprint density at radius 2 is 2.40 bits per heavy atom. The third kappa shape index (κ3) is 1.83. The second-order valence-corrected chi connectivity index (χ2v) is 3.64. The molecule has 0 bridgehead atoms. The summed E-state index contributed by atoms with van der Waals surface area (Å²) in [5, 5.41) is 13.0. The number of fused-ring (bicyclic) bond motifs is 1. The van der Waals surface area contributed by atoms with E-state index in [-0.39, 0.29) is 5.92 Å². The van der Waals surface area contributed by atoms with Crippen LogP contribution in [0.3, 0.4) is 0 Å². The molecule has 78 valence electrons. The Kier molecular flexibility index (Phi) is 2.41. The van der Waals surface area contributed by atoms with Crippen LogP contribution < -0.4 is 0 Å². The summed E-state index contributed by atoms with van der Waals surface area (Å²) in [6.07, 6.45) is 4.10. The number of aromatic nitrogens is 2. The molecule has 0 aliphatic heterocycles. The van der Waals surface area contributed by atoms with Crippen LogP contribution in [0.1, 0.15) is 12.5 Å². The van der Waals surface area contributed by atoms with E-state index in [2.05, 4.69) is 5.10 Å². The molecule has 4 heteroatoms. The summed E-state index contributed by atoms with van der Waals surface area (Å²) in [4.78, 5) is 10.7. The Morgan fingerprint density at radius 1 is 1.60 bits per heavy atom. The first-order valence-electron chi connectivity index (χ1n) is 4.82. The molecule has 4 nitrogen and oxygen atoms in total. The predicted molar refractivity (Wildman–Crippen MR) is 55.7 cm³/mol. The Morgan fingerprint density at radius 3 is 3.13 bits per heavy atom. The highest BCUT2D eigenvalue weighted by atomic mass is 16.4. The van der Waals surface area contributed by atoms with Crippen molar-refractivity contribution < 1.29 is 9.90 Å². The fourth-order valence-electron chi connectivity index (χ4n) is 1.56. The number of carboxylic acid groups (broad SMARTS) is 1. The summed E-state index contributed by atoms with van der Waals surface area (Å²) in [7, 11) is 0. The van der Waals surface area contributed by atoms with Crippen molar-refractivity contribution in [2.45, 2.75) is 13.3 Å². The minimum absolute atomic E-state index is 0.377. The van der Waals surface area contributed by atoms with Crippen molar-refractivity contribution >= 4 is 11.5 Å². The molecule has 15 heavy (non-hydrogen) atoms. The Balaban J connectivity index is 2.32. The molecule has 1 atom stereocenters. The van der Waals surface area contributed by atoms with Gasteiger partial charge in [0.15, 0.2) is 0 Å². The number of hydrogen-bond donors (Lipinski definition) is 1. The first kappa shape index (κ1) is 9.71. The molecule has 0 aromatic carbocycles.